The molecule has 0 saturated carbocycles. The van der Waals surface area contributed by atoms with Gasteiger partial charge in [0.1, 0.15) is 5.76 Å². The smallest absolute Gasteiger partial charge is 0.251 e. The van der Waals surface area contributed by atoms with Crippen LogP contribution in [0.15, 0.2) is 77.4 Å². The number of halogens is 1. The number of hydrogen-bond acceptors (Lipinski definition) is 2. The van der Waals surface area contributed by atoms with Crippen LogP contribution in [0.5, 0.6) is 0 Å². The van der Waals surface area contributed by atoms with Gasteiger partial charge < -0.3 is 9.32 Å². The summed E-state index contributed by atoms with van der Waals surface area (Å²) in [6.07, 6.45) is 5.69. The molecule has 4 rings (SSSR count). The van der Waals surface area contributed by atoms with Gasteiger partial charge in [0.15, 0.2) is 0 Å². The zero-order valence-electron chi connectivity index (χ0n) is 16.9. The van der Waals surface area contributed by atoms with Crippen LogP contribution < -0.4 is 4.90 Å². The molecule has 148 valence electrons. The van der Waals surface area contributed by atoms with Gasteiger partial charge in [-0.3, -0.25) is 4.79 Å². The van der Waals surface area contributed by atoms with Gasteiger partial charge in [0, 0.05) is 27.7 Å². The van der Waals surface area contributed by atoms with Crippen molar-refractivity contribution in [3.63, 3.8) is 0 Å². The van der Waals surface area contributed by atoms with E-state index in [0.717, 1.165) is 22.7 Å². The fourth-order valence-corrected chi connectivity index (χ4v) is 4.73. The molecule has 0 N–H and O–H groups in total. The Morgan fingerprint density at radius 3 is 2.45 bits per heavy atom. The van der Waals surface area contributed by atoms with Crippen LogP contribution in [0.25, 0.3) is 6.08 Å². The molecule has 1 aliphatic rings. The molecule has 0 aliphatic carbocycles. The first-order valence-corrected chi connectivity index (χ1v) is 10.1. The molecule has 0 spiro atoms. The Labute approximate surface area is 176 Å². The summed E-state index contributed by atoms with van der Waals surface area (Å²) in [5.74, 6) is 0.601. The first kappa shape index (κ1) is 19.5. The predicted molar refractivity (Wildman–Crippen MR) is 118 cm³/mol. The lowest BCUT2D eigenvalue weighted by molar-refractivity contribution is -0.115. The maximum atomic E-state index is 13.2. The van der Waals surface area contributed by atoms with E-state index in [2.05, 4.69) is 39.0 Å². The van der Waals surface area contributed by atoms with E-state index >= 15 is 0 Å². The normalized spacial score (nSPS) is 20.6. The van der Waals surface area contributed by atoms with Crippen molar-refractivity contribution in [1.82, 2.24) is 0 Å². The molecule has 0 bridgehead atoms. The van der Waals surface area contributed by atoms with Gasteiger partial charge in [0.25, 0.3) is 5.91 Å². The third-order valence-electron chi connectivity index (χ3n) is 5.77. The molecular formula is C25H24ClNO2. The fourth-order valence-electron chi connectivity index (χ4n) is 4.61. The molecule has 2 heterocycles. The third-order valence-corrected chi connectivity index (χ3v) is 6.02. The molecule has 2 aromatic carbocycles. The first-order valence-electron chi connectivity index (χ1n) is 9.73. The van der Waals surface area contributed by atoms with E-state index in [1.54, 1.807) is 18.4 Å². The van der Waals surface area contributed by atoms with E-state index in [4.69, 9.17) is 16.0 Å². The molecule has 1 atom stereocenters. The first-order chi connectivity index (χ1) is 13.8. The maximum absolute atomic E-state index is 13.2. The maximum Gasteiger partial charge on any atom is 0.251 e. The molecule has 0 saturated heterocycles. The highest BCUT2D eigenvalue weighted by atomic mass is 35.5. The number of rotatable bonds is 3. The highest BCUT2D eigenvalue weighted by molar-refractivity contribution is 6.30. The number of hydrogen-bond donors (Lipinski definition) is 0. The van der Waals surface area contributed by atoms with Gasteiger partial charge in [-0.15, -0.1) is 0 Å². The van der Waals surface area contributed by atoms with E-state index in [0.29, 0.717) is 5.76 Å². The van der Waals surface area contributed by atoms with Gasteiger partial charge in [-0.2, -0.15) is 0 Å². The second-order valence-corrected chi connectivity index (χ2v) is 8.80. The van der Waals surface area contributed by atoms with Crippen LogP contribution in [-0.4, -0.2) is 11.4 Å². The van der Waals surface area contributed by atoms with Crippen LogP contribution in [0.1, 0.15) is 44.1 Å². The lowest BCUT2D eigenvalue weighted by atomic mass is 9.65. The zero-order chi connectivity index (χ0) is 20.6. The Hall–Kier alpha value is -2.78. The predicted octanol–water partition coefficient (Wildman–Crippen LogP) is 6.47. The van der Waals surface area contributed by atoms with E-state index in [1.807, 2.05) is 47.4 Å². The molecule has 1 amide bonds. The number of benzene rings is 2. The zero-order valence-corrected chi connectivity index (χ0v) is 17.6. The van der Waals surface area contributed by atoms with Gasteiger partial charge in [-0.25, -0.2) is 0 Å². The molecule has 4 heteroatoms. The third kappa shape index (κ3) is 3.51. The second-order valence-electron chi connectivity index (χ2n) is 8.37. The number of furan rings is 1. The van der Waals surface area contributed by atoms with Gasteiger partial charge in [0.05, 0.1) is 6.26 Å². The minimum absolute atomic E-state index is 0.0583. The monoisotopic (exact) mass is 405 g/mol. The van der Waals surface area contributed by atoms with Crippen molar-refractivity contribution >= 4 is 29.3 Å². The van der Waals surface area contributed by atoms with Gasteiger partial charge >= 0.3 is 0 Å². The van der Waals surface area contributed by atoms with Gasteiger partial charge in [-0.1, -0.05) is 48.9 Å². The fraction of sp³-hybridized carbons (Fsp3) is 0.240. The van der Waals surface area contributed by atoms with Crippen LogP contribution in [0.3, 0.4) is 0 Å². The Kier molecular flexibility index (Phi) is 4.87. The average molecular weight is 406 g/mol. The summed E-state index contributed by atoms with van der Waals surface area (Å²) in [7, 11) is 0. The summed E-state index contributed by atoms with van der Waals surface area (Å²) in [6.45, 7) is 6.49. The van der Waals surface area contributed by atoms with E-state index in [9.17, 15) is 4.79 Å². The Morgan fingerprint density at radius 1 is 1.03 bits per heavy atom. The summed E-state index contributed by atoms with van der Waals surface area (Å²) in [5.41, 5.74) is 2.66. The number of para-hydroxylation sites is 1. The highest BCUT2D eigenvalue weighted by Gasteiger charge is 2.47. The topological polar surface area (TPSA) is 33.5 Å². The van der Waals surface area contributed by atoms with Crippen molar-refractivity contribution < 1.29 is 9.21 Å². The number of nitrogens with zero attached hydrogens (tertiary/aromatic N) is 1. The molecule has 29 heavy (non-hydrogen) atoms. The molecule has 3 aromatic rings. The second kappa shape index (κ2) is 7.23. The summed E-state index contributed by atoms with van der Waals surface area (Å²) >= 11 is 6.13. The van der Waals surface area contributed by atoms with Crippen LogP contribution in [-0.2, 0) is 10.2 Å². The largest absolute Gasteiger partial charge is 0.465 e. The van der Waals surface area contributed by atoms with E-state index in [-0.39, 0.29) is 16.9 Å². The molecular weight excluding hydrogens is 382 g/mol. The van der Waals surface area contributed by atoms with E-state index < -0.39 is 0 Å². The van der Waals surface area contributed by atoms with Crippen LogP contribution in [0.2, 0.25) is 5.02 Å². The van der Waals surface area contributed by atoms with Crippen LogP contribution in [0, 0.1) is 0 Å². The Morgan fingerprint density at radius 2 is 1.76 bits per heavy atom. The van der Waals surface area contributed by atoms with Crippen molar-refractivity contribution in [3.05, 3.63) is 94.9 Å². The van der Waals surface area contributed by atoms with Crippen molar-refractivity contribution in [2.24, 2.45) is 0 Å². The Bertz CT molecular complexity index is 1050. The standard InChI is InChI=1S/C25H24ClNO2/c1-24(2)17-25(3,18-10-12-19(26)13-11-18)21-8-4-5-9-22(21)27(24)23(28)15-14-20-7-6-16-29-20/h4-16H,17H2,1-3H3. The average Bonchev–Trinajstić information content (AvgIpc) is 3.20. The molecule has 3 nitrogen and oxygen atoms in total. The van der Waals surface area contributed by atoms with Crippen molar-refractivity contribution in [2.75, 3.05) is 4.90 Å². The van der Waals surface area contributed by atoms with Gasteiger partial charge in [0.2, 0.25) is 0 Å². The lowest BCUT2D eigenvalue weighted by Gasteiger charge is -2.51. The molecule has 1 aromatic heterocycles. The number of carbonyl (C=O) groups is 1. The minimum atomic E-state index is -0.382. The van der Waals surface area contributed by atoms with Crippen LogP contribution >= 0.6 is 11.6 Å². The van der Waals surface area contributed by atoms with E-state index in [1.165, 1.54) is 5.56 Å². The molecule has 1 unspecified atom stereocenters. The van der Waals surface area contributed by atoms with Crippen LogP contribution in [0.4, 0.5) is 5.69 Å². The Balaban J connectivity index is 1.80. The van der Waals surface area contributed by atoms with Crippen molar-refractivity contribution in [3.8, 4) is 0 Å². The van der Waals surface area contributed by atoms with Crippen molar-refractivity contribution in [1.29, 1.82) is 0 Å². The number of carbonyl (C=O) groups excluding carboxylic acids is 1. The minimum Gasteiger partial charge on any atom is -0.465 e. The highest BCUT2D eigenvalue weighted by Crippen LogP contribution is 2.50. The van der Waals surface area contributed by atoms with Crippen molar-refractivity contribution in [2.45, 2.75) is 38.1 Å². The summed E-state index contributed by atoms with van der Waals surface area (Å²) in [5, 5.41) is 0.723. The molecule has 0 radical (unpaired) electrons. The summed E-state index contributed by atoms with van der Waals surface area (Å²) in [4.78, 5) is 15.1. The summed E-state index contributed by atoms with van der Waals surface area (Å²) < 4.78 is 5.32. The number of anilines is 1. The lowest BCUT2D eigenvalue weighted by Crippen LogP contribution is -2.55. The number of fused-ring (bicyclic) bond motifs is 1. The summed E-state index contributed by atoms with van der Waals surface area (Å²) in [6, 6.07) is 19.8. The quantitative estimate of drug-likeness (QED) is 0.468. The van der Waals surface area contributed by atoms with Gasteiger partial charge in [-0.05, 0) is 67.8 Å². The molecule has 0 fully saturated rings. The number of amides is 1. The SMILES string of the molecule is CC1(c2ccc(Cl)cc2)CC(C)(C)N(C(=O)C=Cc2ccco2)c2ccccc21. The molecule has 1 aliphatic heterocycles.